The average Bonchev–Trinajstić information content (AvgIpc) is 2.93. The van der Waals surface area contributed by atoms with Crippen LogP contribution < -0.4 is 0 Å². The highest BCUT2D eigenvalue weighted by Gasteiger charge is 2.11. The molecule has 5 rings (SSSR count). The maximum absolute atomic E-state index is 4.78. The zero-order valence-electron chi connectivity index (χ0n) is 22.9. The molecule has 190 valence electrons. The summed E-state index contributed by atoms with van der Waals surface area (Å²) in [5.41, 5.74) is 11.6. The van der Waals surface area contributed by atoms with Crippen LogP contribution in [0.15, 0.2) is 109 Å². The van der Waals surface area contributed by atoms with Crippen LogP contribution in [0, 0.1) is 11.8 Å². The van der Waals surface area contributed by atoms with Gasteiger partial charge in [-0.2, -0.15) is 0 Å². The van der Waals surface area contributed by atoms with Crippen molar-refractivity contribution in [1.29, 1.82) is 0 Å². The second-order valence-electron chi connectivity index (χ2n) is 11.0. The topological polar surface area (TPSA) is 25.8 Å². The molecule has 0 aliphatic carbocycles. The number of pyridine rings is 2. The third-order valence-electron chi connectivity index (χ3n) is 6.80. The van der Waals surface area contributed by atoms with Gasteiger partial charge in [0.2, 0.25) is 0 Å². The molecule has 0 N–H and O–H groups in total. The SMILES string of the molecule is CC(C)Cc1ccc(-c2cccc(-c3ccccc3-c3cccc(-c4ccc(CC(C)C)cn4)c3)c2)nc1. The first-order valence-corrected chi connectivity index (χ1v) is 13.7. The van der Waals surface area contributed by atoms with E-state index in [2.05, 4.69) is 125 Å². The second-order valence-corrected chi connectivity index (χ2v) is 11.0. The zero-order valence-corrected chi connectivity index (χ0v) is 22.9. The number of rotatable bonds is 8. The quantitative estimate of drug-likeness (QED) is 0.214. The highest BCUT2D eigenvalue weighted by Crippen LogP contribution is 2.35. The smallest absolute Gasteiger partial charge is 0.0702 e. The Bertz CT molecular complexity index is 1380. The summed E-state index contributed by atoms with van der Waals surface area (Å²) < 4.78 is 0. The summed E-state index contributed by atoms with van der Waals surface area (Å²) in [5, 5.41) is 0. The van der Waals surface area contributed by atoms with Crippen molar-refractivity contribution < 1.29 is 0 Å². The number of hydrogen-bond acceptors (Lipinski definition) is 2. The Morgan fingerprint density at radius 1 is 0.474 bits per heavy atom. The predicted molar refractivity (Wildman–Crippen MR) is 161 cm³/mol. The van der Waals surface area contributed by atoms with Crippen LogP contribution in [0.3, 0.4) is 0 Å². The summed E-state index contributed by atoms with van der Waals surface area (Å²) in [5.74, 6) is 1.25. The highest BCUT2D eigenvalue weighted by molar-refractivity contribution is 5.86. The molecule has 2 nitrogen and oxygen atoms in total. The van der Waals surface area contributed by atoms with E-state index in [-0.39, 0.29) is 0 Å². The van der Waals surface area contributed by atoms with Gasteiger partial charge in [0.25, 0.3) is 0 Å². The minimum absolute atomic E-state index is 0.626. The van der Waals surface area contributed by atoms with Gasteiger partial charge < -0.3 is 0 Å². The lowest BCUT2D eigenvalue weighted by molar-refractivity contribution is 0.645. The Labute approximate surface area is 227 Å². The fourth-order valence-corrected chi connectivity index (χ4v) is 5.05. The molecule has 0 spiro atoms. The third-order valence-corrected chi connectivity index (χ3v) is 6.80. The monoisotopic (exact) mass is 496 g/mol. The Morgan fingerprint density at radius 3 is 1.26 bits per heavy atom. The Balaban J connectivity index is 1.46. The van der Waals surface area contributed by atoms with E-state index < -0.39 is 0 Å². The summed E-state index contributed by atoms with van der Waals surface area (Å²) in [6, 6.07) is 34.8. The molecule has 3 aromatic carbocycles. The van der Waals surface area contributed by atoms with Crippen molar-refractivity contribution >= 4 is 0 Å². The molecule has 0 saturated carbocycles. The first-order chi connectivity index (χ1) is 18.5. The molecule has 0 radical (unpaired) electrons. The molecule has 38 heavy (non-hydrogen) atoms. The molecular formula is C36H36N2. The number of benzene rings is 3. The Kier molecular flexibility index (Phi) is 7.79. The van der Waals surface area contributed by atoms with Gasteiger partial charge in [-0.05, 0) is 82.3 Å². The molecule has 0 atom stereocenters. The molecule has 0 aliphatic heterocycles. The molecule has 0 amide bonds. The molecule has 5 aromatic rings. The van der Waals surface area contributed by atoms with Crippen LogP contribution in [0.5, 0.6) is 0 Å². The molecule has 2 heteroatoms. The van der Waals surface area contributed by atoms with Crippen LogP contribution >= 0.6 is 0 Å². The Morgan fingerprint density at radius 2 is 0.895 bits per heavy atom. The van der Waals surface area contributed by atoms with Crippen molar-refractivity contribution in [3.8, 4) is 44.8 Å². The van der Waals surface area contributed by atoms with Crippen molar-refractivity contribution in [3.63, 3.8) is 0 Å². The predicted octanol–water partition coefficient (Wildman–Crippen LogP) is 9.54. The van der Waals surface area contributed by atoms with Crippen LogP contribution in [-0.4, -0.2) is 9.97 Å². The fraction of sp³-hybridized carbons (Fsp3) is 0.222. The molecule has 0 bridgehead atoms. The Hall–Kier alpha value is -4.04. The second kappa shape index (κ2) is 11.6. The normalized spacial score (nSPS) is 11.3. The maximum atomic E-state index is 4.78. The van der Waals surface area contributed by atoms with Crippen molar-refractivity contribution in [2.24, 2.45) is 11.8 Å². The van der Waals surface area contributed by atoms with E-state index in [1.54, 1.807) is 0 Å². The van der Waals surface area contributed by atoms with Gasteiger partial charge in [-0.25, -0.2) is 0 Å². The largest absolute Gasteiger partial charge is 0.256 e. The van der Waals surface area contributed by atoms with Gasteiger partial charge >= 0.3 is 0 Å². The lowest BCUT2D eigenvalue weighted by atomic mass is 9.92. The van der Waals surface area contributed by atoms with E-state index in [9.17, 15) is 0 Å². The first kappa shape index (κ1) is 25.6. The summed E-state index contributed by atoms with van der Waals surface area (Å²) in [6.45, 7) is 8.96. The van der Waals surface area contributed by atoms with Crippen LogP contribution in [-0.2, 0) is 12.8 Å². The van der Waals surface area contributed by atoms with Gasteiger partial charge in [0, 0.05) is 23.5 Å². The maximum Gasteiger partial charge on any atom is 0.0702 e. The van der Waals surface area contributed by atoms with Crippen LogP contribution in [0.4, 0.5) is 0 Å². The van der Waals surface area contributed by atoms with Gasteiger partial charge in [0.15, 0.2) is 0 Å². The summed E-state index contributed by atoms with van der Waals surface area (Å²) in [6.07, 6.45) is 6.14. The van der Waals surface area contributed by atoms with E-state index in [4.69, 9.17) is 9.97 Å². The standard InChI is InChI=1S/C36H36N2/c1-25(2)19-27-15-17-35(37-23-27)31-11-7-9-29(21-31)33-13-5-6-14-34(33)30-10-8-12-32(22-30)36-18-16-28(24-38-36)20-26(3)4/h5-18,21-26H,19-20H2,1-4H3. The minimum Gasteiger partial charge on any atom is -0.256 e. The number of hydrogen-bond donors (Lipinski definition) is 0. The first-order valence-electron chi connectivity index (χ1n) is 13.7. The lowest BCUT2D eigenvalue weighted by Gasteiger charge is -2.13. The van der Waals surface area contributed by atoms with Crippen LogP contribution in [0.25, 0.3) is 44.8 Å². The zero-order chi connectivity index (χ0) is 26.5. The van der Waals surface area contributed by atoms with E-state index in [1.807, 2.05) is 12.4 Å². The summed E-state index contributed by atoms with van der Waals surface area (Å²) in [7, 11) is 0. The van der Waals surface area contributed by atoms with Gasteiger partial charge in [-0.1, -0.05) is 100 Å². The van der Waals surface area contributed by atoms with Crippen LogP contribution in [0.1, 0.15) is 38.8 Å². The van der Waals surface area contributed by atoms with Crippen molar-refractivity contribution in [2.45, 2.75) is 40.5 Å². The number of aromatic nitrogens is 2. The van der Waals surface area contributed by atoms with E-state index >= 15 is 0 Å². The summed E-state index contributed by atoms with van der Waals surface area (Å²) >= 11 is 0. The molecule has 0 unspecified atom stereocenters. The van der Waals surface area contributed by atoms with Gasteiger partial charge in [-0.3, -0.25) is 9.97 Å². The average molecular weight is 497 g/mol. The highest BCUT2D eigenvalue weighted by atomic mass is 14.7. The van der Waals surface area contributed by atoms with Crippen LogP contribution in [0.2, 0.25) is 0 Å². The third kappa shape index (κ3) is 6.08. The van der Waals surface area contributed by atoms with E-state index in [1.165, 1.54) is 33.4 Å². The molecule has 2 aromatic heterocycles. The fourth-order valence-electron chi connectivity index (χ4n) is 5.05. The minimum atomic E-state index is 0.626. The van der Waals surface area contributed by atoms with Crippen molar-refractivity contribution in [3.05, 3.63) is 121 Å². The molecule has 2 heterocycles. The van der Waals surface area contributed by atoms with Crippen molar-refractivity contribution in [2.75, 3.05) is 0 Å². The number of nitrogens with zero attached hydrogens (tertiary/aromatic N) is 2. The van der Waals surface area contributed by atoms with Gasteiger partial charge in [-0.15, -0.1) is 0 Å². The molecule has 0 aliphatic rings. The van der Waals surface area contributed by atoms with E-state index in [0.29, 0.717) is 11.8 Å². The molecule has 0 fully saturated rings. The lowest BCUT2D eigenvalue weighted by Crippen LogP contribution is -1.95. The summed E-state index contributed by atoms with van der Waals surface area (Å²) in [4.78, 5) is 9.55. The van der Waals surface area contributed by atoms with Gasteiger partial charge in [0.1, 0.15) is 0 Å². The van der Waals surface area contributed by atoms with Gasteiger partial charge in [0.05, 0.1) is 11.4 Å². The molecular weight excluding hydrogens is 460 g/mol. The van der Waals surface area contributed by atoms with Crippen molar-refractivity contribution in [1.82, 2.24) is 9.97 Å². The molecule has 0 saturated heterocycles. The van der Waals surface area contributed by atoms with E-state index in [0.717, 1.165) is 35.4 Å².